The Morgan fingerprint density at radius 3 is 2.35 bits per heavy atom. The summed E-state index contributed by atoms with van der Waals surface area (Å²) in [6.45, 7) is 0. The Kier molecular flexibility index (Phi) is 6.54. The van der Waals surface area contributed by atoms with Crippen molar-refractivity contribution in [2.45, 2.75) is 38.0 Å². The number of benzene rings is 2. The summed E-state index contributed by atoms with van der Waals surface area (Å²) in [6, 6.07) is 18.6. The van der Waals surface area contributed by atoms with E-state index in [2.05, 4.69) is 46.4 Å². The molecular formula is C25H26ClN4O3P. The number of imidazole rings is 1. The molecule has 9 heteroatoms. The molecule has 1 aliphatic carbocycles. The maximum atomic E-state index is 11.3. The molecule has 2 heterocycles. The van der Waals surface area contributed by atoms with Crippen molar-refractivity contribution in [3.63, 3.8) is 0 Å². The third kappa shape index (κ3) is 5.08. The van der Waals surface area contributed by atoms with E-state index in [4.69, 9.17) is 16.6 Å². The van der Waals surface area contributed by atoms with Crippen molar-refractivity contribution in [1.29, 1.82) is 0 Å². The molecule has 1 saturated carbocycles. The Morgan fingerprint density at radius 2 is 1.68 bits per heavy atom. The molecule has 0 spiro atoms. The van der Waals surface area contributed by atoms with Crippen LogP contribution in [0.5, 0.6) is 0 Å². The van der Waals surface area contributed by atoms with E-state index in [0.717, 1.165) is 42.8 Å². The minimum absolute atomic E-state index is 0.000962. The van der Waals surface area contributed by atoms with Gasteiger partial charge in [-0.05, 0) is 60.8 Å². The molecule has 4 aromatic rings. The Bertz CT molecular complexity index is 1330. The van der Waals surface area contributed by atoms with Gasteiger partial charge in [0.05, 0.1) is 6.16 Å². The number of halogens is 1. The summed E-state index contributed by atoms with van der Waals surface area (Å²) in [7, 11) is -3.94. The third-order valence-corrected chi connectivity index (χ3v) is 7.91. The van der Waals surface area contributed by atoms with Crippen molar-refractivity contribution >= 4 is 30.4 Å². The smallest absolute Gasteiger partial charge is 0.324 e. The number of hydrogen-bond donors (Lipinski definition) is 2. The number of fused-ring (bicyclic) bond motifs is 1. The number of nitrogens with zero attached hydrogens (tertiary/aromatic N) is 4. The van der Waals surface area contributed by atoms with Crippen LogP contribution >= 0.6 is 19.2 Å². The molecule has 5 rings (SSSR count). The zero-order valence-corrected chi connectivity index (χ0v) is 20.2. The lowest BCUT2D eigenvalue weighted by Gasteiger charge is -2.29. The zero-order valence-electron chi connectivity index (χ0n) is 18.6. The molecule has 2 N–H and O–H groups in total. The Balaban J connectivity index is 1.41. The van der Waals surface area contributed by atoms with E-state index in [1.165, 1.54) is 11.9 Å². The predicted molar refractivity (Wildman–Crippen MR) is 133 cm³/mol. The fourth-order valence-electron chi connectivity index (χ4n) is 4.99. The first-order valence-electron chi connectivity index (χ1n) is 11.4. The normalized spacial score (nSPS) is 18.9. The maximum Gasteiger partial charge on any atom is 0.325 e. The summed E-state index contributed by atoms with van der Waals surface area (Å²) in [6.07, 6.45) is 5.68. The van der Waals surface area contributed by atoms with Gasteiger partial charge < -0.3 is 9.79 Å². The van der Waals surface area contributed by atoms with Crippen LogP contribution in [0.25, 0.3) is 16.9 Å². The predicted octanol–water partition coefficient (Wildman–Crippen LogP) is 5.51. The fourth-order valence-corrected chi connectivity index (χ4v) is 6.20. The molecular weight excluding hydrogens is 471 g/mol. The first-order chi connectivity index (χ1) is 16.4. The summed E-state index contributed by atoms with van der Waals surface area (Å²) in [4.78, 5) is 31.9. The molecule has 0 unspecified atom stereocenters. The van der Waals surface area contributed by atoms with Gasteiger partial charge in [0.1, 0.15) is 17.7 Å². The largest absolute Gasteiger partial charge is 0.325 e. The van der Waals surface area contributed by atoms with E-state index in [1.807, 2.05) is 22.8 Å². The van der Waals surface area contributed by atoms with Crippen molar-refractivity contribution in [3.05, 3.63) is 83.0 Å². The van der Waals surface area contributed by atoms with Gasteiger partial charge in [-0.3, -0.25) is 9.13 Å². The molecule has 2 aromatic heterocycles. The summed E-state index contributed by atoms with van der Waals surface area (Å²) in [5, 5.41) is 0.335. The number of hydrogen-bond acceptors (Lipinski definition) is 4. The Morgan fingerprint density at radius 1 is 0.971 bits per heavy atom. The average Bonchev–Trinajstić information content (AvgIpc) is 3.19. The summed E-state index contributed by atoms with van der Waals surface area (Å²) < 4.78 is 13.4. The lowest BCUT2D eigenvalue weighted by Crippen LogP contribution is -2.16. The van der Waals surface area contributed by atoms with Crippen LogP contribution in [0.2, 0.25) is 5.15 Å². The second kappa shape index (κ2) is 9.59. The molecule has 176 valence electrons. The molecule has 1 fully saturated rings. The van der Waals surface area contributed by atoms with Gasteiger partial charge in [0.2, 0.25) is 0 Å². The van der Waals surface area contributed by atoms with Gasteiger partial charge in [-0.1, -0.05) is 54.1 Å². The van der Waals surface area contributed by atoms with Crippen LogP contribution in [0.3, 0.4) is 0 Å². The molecule has 0 amide bonds. The average molecular weight is 497 g/mol. The molecule has 34 heavy (non-hydrogen) atoms. The molecule has 0 atom stereocenters. The summed E-state index contributed by atoms with van der Waals surface area (Å²) in [5.74, 6) is 1.36. The molecule has 0 saturated heterocycles. The van der Waals surface area contributed by atoms with Gasteiger partial charge in [-0.25, -0.2) is 15.0 Å². The lowest BCUT2D eigenvalue weighted by molar-refractivity contribution is 0.316. The van der Waals surface area contributed by atoms with Crippen molar-refractivity contribution in [1.82, 2.24) is 19.5 Å². The molecule has 7 nitrogen and oxygen atoms in total. The van der Waals surface area contributed by atoms with Crippen molar-refractivity contribution < 1.29 is 14.4 Å². The molecule has 2 aromatic carbocycles. The SMILES string of the molecule is O=P(O)(O)CC1CCC(c2ccc(-n3c(Cc4ccccc4)nc4c(Cl)ncnc43)cc2)CC1. The highest BCUT2D eigenvalue weighted by molar-refractivity contribution is 7.51. The van der Waals surface area contributed by atoms with Crippen LogP contribution in [0.1, 0.15) is 48.6 Å². The van der Waals surface area contributed by atoms with Crippen LogP contribution in [0.15, 0.2) is 60.9 Å². The molecule has 0 bridgehead atoms. The third-order valence-electron chi connectivity index (χ3n) is 6.64. The second-order valence-electron chi connectivity index (χ2n) is 9.02. The Labute approximate surface area is 203 Å². The highest BCUT2D eigenvalue weighted by atomic mass is 35.5. The topological polar surface area (TPSA) is 101 Å². The number of rotatable bonds is 6. The van der Waals surface area contributed by atoms with Gasteiger partial charge in [-0.15, -0.1) is 0 Å². The van der Waals surface area contributed by atoms with Gasteiger partial charge in [0, 0.05) is 12.1 Å². The van der Waals surface area contributed by atoms with E-state index in [9.17, 15) is 14.4 Å². The molecule has 0 radical (unpaired) electrons. The van der Waals surface area contributed by atoms with E-state index in [-0.39, 0.29) is 12.1 Å². The van der Waals surface area contributed by atoms with Gasteiger partial charge in [0.25, 0.3) is 0 Å². The van der Waals surface area contributed by atoms with E-state index < -0.39 is 7.60 Å². The standard InChI is InChI=1S/C25H26ClN4O3P/c26-24-23-25(28-16-27-24)30(22(29-23)14-17-4-2-1-3-5-17)21-12-10-20(11-13-21)19-8-6-18(7-9-19)15-34(31,32)33/h1-5,10-13,16,18-19H,6-9,14-15H2,(H2,31,32,33). The van der Waals surface area contributed by atoms with E-state index in [0.29, 0.717) is 28.7 Å². The molecule has 1 aliphatic rings. The van der Waals surface area contributed by atoms with Gasteiger partial charge >= 0.3 is 7.60 Å². The van der Waals surface area contributed by atoms with Gasteiger partial charge in [0.15, 0.2) is 10.8 Å². The highest BCUT2D eigenvalue weighted by Crippen LogP contribution is 2.44. The quantitative estimate of drug-likeness (QED) is 0.269. The first kappa shape index (κ1) is 23.2. The van der Waals surface area contributed by atoms with E-state index >= 15 is 0 Å². The van der Waals surface area contributed by atoms with E-state index in [1.54, 1.807) is 0 Å². The maximum absolute atomic E-state index is 11.3. The summed E-state index contributed by atoms with van der Waals surface area (Å²) >= 11 is 6.34. The van der Waals surface area contributed by atoms with Crippen LogP contribution in [-0.2, 0) is 11.0 Å². The van der Waals surface area contributed by atoms with Crippen LogP contribution in [0.4, 0.5) is 0 Å². The van der Waals surface area contributed by atoms with Crippen LogP contribution < -0.4 is 0 Å². The fraction of sp³-hybridized carbons (Fsp3) is 0.320. The first-order valence-corrected chi connectivity index (χ1v) is 13.6. The van der Waals surface area contributed by atoms with Crippen molar-refractivity contribution in [2.24, 2.45) is 5.92 Å². The minimum atomic E-state index is -3.94. The number of aromatic nitrogens is 4. The lowest BCUT2D eigenvalue weighted by atomic mass is 9.79. The van der Waals surface area contributed by atoms with Crippen molar-refractivity contribution in [2.75, 3.05) is 6.16 Å². The Hall–Kier alpha value is -2.57. The second-order valence-corrected chi connectivity index (χ2v) is 11.1. The summed E-state index contributed by atoms with van der Waals surface area (Å²) in [5.41, 5.74) is 4.62. The van der Waals surface area contributed by atoms with Gasteiger partial charge in [-0.2, -0.15) is 0 Å². The monoisotopic (exact) mass is 496 g/mol. The minimum Gasteiger partial charge on any atom is -0.324 e. The van der Waals surface area contributed by atoms with Crippen LogP contribution in [-0.4, -0.2) is 35.5 Å². The van der Waals surface area contributed by atoms with Crippen LogP contribution in [0, 0.1) is 5.92 Å². The van der Waals surface area contributed by atoms with Crippen molar-refractivity contribution in [3.8, 4) is 5.69 Å². The molecule has 0 aliphatic heterocycles. The highest BCUT2D eigenvalue weighted by Gasteiger charge is 2.27. The zero-order chi connectivity index (χ0) is 23.7.